The first-order valence-corrected chi connectivity index (χ1v) is 9.80. The van der Waals surface area contributed by atoms with Crippen LogP contribution in [0.3, 0.4) is 0 Å². The quantitative estimate of drug-likeness (QED) is 0.886. The third-order valence-electron chi connectivity index (χ3n) is 6.09. The zero-order valence-electron chi connectivity index (χ0n) is 15.6. The second-order valence-corrected chi connectivity index (χ2v) is 7.98. The molecule has 0 spiro atoms. The number of piperidine rings is 1. The summed E-state index contributed by atoms with van der Waals surface area (Å²) in [6.45, 7) is 1.28. The Hall–Kier alpha value is -2.62. The van der Waals surface area contributed by atoms with Gasteiger partial charge in [-0.25, -0.2) is 0 Å². The van der Waals surface area contributed by atoms with Gasteiger partial charge in [-0.1, -0.05) is 54.6 Å². The maximum Gasteiger partial charge on any atom is 0.225 e. The Kier molecular flexibility index (Phi) is 4.73. The van der Waals surface area contributed by atoms with Gasteiger partial charge in [0.25, 0.3) is 0 Å². The molecule has 2 aliphatic rings. The van der Waals surface area contributed by atoms with Crippen LogP contribution in [0.1, 0.15) is 31.2 Å². The predicted octanol–water partition coefficient (Wildman–Crippen LogP) is 3.40. The van der Waals surface area contributed by atoms with Gasteiger partial charge in [0.15, 0.2) is 0 Å². The molecule has 0 radical (unpaired) electrons. The van der Waals surface area contributed by atoms with E-state index in [2.05, 4.69) is 36.4 Å². The van der Waals surface area contributed by atoms with Crippen LogP contribution in [0.5, 0.6) is 0 Å². The van der Waals surface area contributed by atoms with Crippen molar-refractivity contribution in [3.8, 4) is 11.1 Å². The lowest BCUT2D eigenvalue weighted by atomic mass is 9.73. The number of carbonyl (C=O) groups excluding carboxylic acids is 2. The van der Waals surface area contributed by atoms with Gasteiger partial charge in [-0.15, -0.1) is 0 Å². The van der Waals surface area contributed by atoms with Crippen molar-refractivity contribution < 1.29 is 9.59 Å². The number of likely N-dealkylation sites (tertiary alicyclic amines) is 1. The smallest absolute Gasteiger partial charge is 0.225 e. The topological polar surface area (TPSA) is 63.4 Å². The number of amides is 2. The molecule has 1 saturated carbocycles. The van der Waals surface area contributed by atoms with E-state index in [1.54, 1.807) is 0 Å². The van der Waals surface area contributed by atoms with E-state index in [0.717, 1.165) is 24.0 Å². The summed E-state index contributed by atoms with van der Waals surface area (Å²) in [5, 5.41) is 0. The van der Waals surface area contributed by atoms with Gasteiger partial charge in [-0.05, 0) is 48.8 Å². The summed E-state index contributed by atoms with van der Waals surface area (Å²) in [5.41, 5.74) is 8.74. The molecule has 27 heavy (non-hydrogen) atoms. The molecule has 0 bridgehead atoms. The first-order chi connectivity index (χ1) is 13.1. The first-order valence-electron chi connectivity index (χ1n) is 9.80. The molecule has 1 aliphatic carbocycles. The van der Waals surface area contributed by atoms with E-state index in [-0.39, 0.29) is 17.7 Å². The molecule has 1 heterocycles. The van der Waals surface area contributed by atoms with Crippen LogP contribution in [-0.2, 0) is 16.0 Å². The molecule has 0 atom stereocenters. The fourth-order valence-electron chi connectivity index (χ4n) is 4.09. The van der Waals surface area contributed by atoms with Gasteiger partial charge < -0.3 is 10.6 Å². The molecule has 2 N–H and O–H groups in total. The van der Waals surface area contributed by atoms with Crippen molar-refractivity contribution in [3.05, 3.63) is 60.2 Å². The first kappa shape index (κ1) is 17.8. The Labute approximate surface area is 160 Å². The van der Waals surface area contributed by atoms with Crippen LogP contribution >= 0.6 is 0 Å². The minimum absolute atomic E-state index is 0.233. The molecule has 4 nitrogen and oxygen atoms in total. The predicted molar refractivity (Wildman–Crippen MR) is 106 cm³/mol. The molecule has 0 aromatic heterocycles. The van der Waals surface area contributed by atoms with E-state index in [0.29, 0.717) is 32.4 Å². The van der Waals surface area contributed by atoms with Crippen LogP contribution in [0.2, 0.25) is 0 Å². The fraction of sp³-hybridized carbons (Fsp3) is 0.391. The third-order valence-corrected chi connectivity index (χ3v) is 6.09. The maximum absolute atomic E-state index is 12.3. The van der Waals surface area contributed by atoms with E-state index in [1.807, 2.05) is 23.1 Å². The number of carbonyl (C=O) groups is 2. The Balaban J connectivity index is 1.46. The van der Waals surface area contributed by atoms with Gasteiger partial charge in [0.05, 0.1) is 5.41 Å². The highest BCUT2D eigenvalue weighted by Gasteiger charge is 2.43. The molecule has 2 amide bonds. The van der Waals surface area contributed by atoms with Crippen molar-refractivity contribution in [2.75, 3.05) is 13.1 Å². The summed E-state index contributed by atoms with van der Waals surface area (Å²) in [7, 11) is 0. The number of primary amides is 1. The second kappa shape index (κ2) is 7.18. The number of rotatable bonds is 5. The van der Waals surface area contributed by atoms with E-state index in [4.69, 9.17) is 5.73 Å². The van der Waals surface area contributed by atoms with Crippen molar-refractivity contribution in [2.24, 2.45) is 17.1 Å². The summed E-state index contributed by atoms with van der Waals surface area (Å²) >= 11 is 0. The molecule has 4 rings (SSSR count). The summed E-state index contributed by atoms with van der Waals surface area (Å²) < 4.78 is 0. The molecule has 2 aromatic rings. The van der Waals surface area contributed by atoms with Gasteiger partial charge in [-0.2, -0.15) is 0 Å². The molecule has 4 heteroatoms. The van der Waals surface area contributed by atoms with Gasteiger partial charge in [0.2, 0.25) is 11.8 Å². The number of benzene rings is 2. The molecule has 2 fully saturated rings. The Bertz CT molecular complexity index is 817. The lowest BCUT2D eigenvalue weighted by Crippen LogP contribution is -2.50. The highest BCUT2D eigenvalue weighted by atomic mass is 16.2. The van der Waals surface area contributed by atoms with Crippen LogP contribution in [0.15, 0.2) is 54.6 Å². The van der Waals surface area contributed by atoms with Gasteiger partial charge in [-0.3, -0.25) is 9.59 Å². The van der Waals surface area contributed by atoms with E-state index in [9.17, 15) is 9.59 Å². The Morgan fingerprint density at radius 2 is 1.52 bits per heavy atom. The molecule has 1 aliphatic heterocycles. The maximum atomic E-state index is 12.3. The SMILES string of the molecule is NC(=O)C1(Cc2ccc(-c3ccccc3)cc2)CCN(C(=O)C2CC2)CC1. The van der Waals surface area contributed by atoms with E-state index >= 15 is 0 Å². The lowest BCUT2D eigenvalue weighted by Gasteiger charge is -2.40. The number of hydrogen-bond acceptors (Lipinski definition) is 2. The van der Waals surface area contributed by atoms with Crippen LogP contribution in [0, 0.1) is 11.3 Å². The zero-order chi connectivity index (χ0) is 18.9. The summed E-state index contributed by atoms with van der Waals surface area (Å²) in [6.07, 6.45) is 3.99. The highest BCUT2D eigenvalue weighted by Crippen LogP contribution is 2.38. The molecular weight excluding hydrogens is 336 g/mol. The van der Waals surface area contributed by atoms with Crippen molar-refractivity contribution in [1.82, 2.24) is 4.90 Å². The van der Waals surface area contributed by atoms with Crippen molar-refractivity contribution in [2.45, 2.75) is 32.1 Å². The fourth-order valence-corrected chi connectivity index (χ4v) is 4.09. The van der Waals surface area contributed by atoms with Crippen molar-refractivity contribution >= 4 is 11.8 Å². The number of nitrogens with two attached hydrogens (primary N) is 1. The minimum Gasteiger partial charge on any atom is -0.369 e. The van der Waals surface area contributed by atoms with Crippen LogP contribution in [0.4, 0.5) is 0 Å². The summed E-state index contributed by atoms with van der Waals surface area (Å²) in [4.78, 5) is 26.5. The minimum atomic E-state index is -0.547. The summed E-state index contributed by atoms with van der Waals surface area (Å²) in [6, 6.07) is 18.6. The molecule has 140 valence electrons. The standard InChI is InChI=1S/C23H26N2O2/c24-22(27)23(12-14-25(15-13-23)21(26)20-10-11-20)16-17-6-8-19(9-7-17)18-4-2-1-3-5-18/h1-9,20H,10-16H2,(H2,24,27). The number of hydrogen-bond donors (Lipinski definition) is 1. The van der Waals surface area contributed by atoms with E-state index in [1.165, 1.54) is 5.56 Å². The molecule has 0 unspecified atom stereocenters. The van der Waals surface area contributed by atoms with Crippen LogP contribution < -0.4 is 5.73 Å². The zero-order valence-corrected chi connectivity index (χ0v) is 15.6. The average Bonchev–Trinajstić information content (AvgIpc) is 3.54. The number of nitrogens with zero attached hydrogens (tertiary/aromatic N) is 1. The molecular formula is C23H26N2O2. The Morgan fingerprint density at radius 3 is 2.07 bits per heavy atom. The van der Waals surface area contributed by atoms with Gasteiger partial charge in [0.1, 0.15) is 0 Å². The molecule has 2 aromatic carbocycles. The van der Waals surface area contributed by atoms with Crippen molar-refractivity contribution in [1.29, 1.82) is 0 Å². The van der Waals surface area contributed by atoms with Crippen LogP contribution in [-0.4, -0.2) is 29.8 Å². The van der Waals surface area contributed by atoms with Crippen molar-refractivity contribution in [3.63, 3.8) is 0 Å². The molecule has 1 saturated heterocycles. The highest BCUT2D eigenvalue weighted by molar-refractivity contribution is 5.83. The third kappa shape index (κ3) is 3.75. The van der Waals surface area contributed by atoms with E-state index < -0.39 is 5.41 Å². The second-order valence-electron chi connectivity index (χ2n) is 7.98. The largest absolute Gasteiger partial charge is 0.369 e. The Morgan fingerprint density at radius 1 is 0.926 bits per heavy atom. The normalized spacial score (nSPS) is 18.9. The lowest BCUT2D eigenvalue weighted by molar-refractivity contribution is -0.139. The van der Waals surface area contributed by atoms with Gasteiger partial charge in [0, 0.05) is 19.0 Å². The van der Waals surface area contributed by atoms with Gasteiger partial charge >= 0.3 is 0 Å². The monoisotopic (exact) mass is 362 g/mol. The summed E-state index contributed by atoms with van der Waals surface area (Å²) in [5.74, 6) is 0.255. The average molecular weight is 362 g/mol. The van der Waals surface area contributed by atoms with Crippen LogP contribution in [0.25, 0.3) is 11.1 Å².